The number of halogens is 1. The van der Waals surface area contributed by atoms with Crippen molar-refractivity contribution in [1.82, 2.24) is 9.97 Å². The van der Waals surface area contributed by atoms with E-state index < -0.39 is 0 Å². The molecule has 0 aliphatic rings. The van der Waals surface area contributed by atoms with Gasteiger partial charge in [-0.3, -0.25) is 0 Å². The van der Waals surface area contributed by atoms with Gasteiger partial charge in [0.15, 0.2) is 0 Å². The quantitative estimate of drug-likeness (QED) is 0.756. The van der Waals surface area contributed by atoms with Crippen LogP contribution in [-0.2, 0) is 6.42 Å². The monoisotopic (exact) mass is 284 g/mol. The van der Waals surface area contributed by atoms with Crippen molar-refractivity contribution in [1.29, 1.82) is 0 Å². The molecule has 0 spiro atoms. The van der Waals surface area contributed by atoms with Gasteiger partial charge in [-0.1, -0.05) is 31.6 Å². The molecular weight excluding hydrogens is 263 g/mol. The highest BCUT2D eigenvalue weighted by Gasteiger charge is 2.13. The van der Waals surface area contributed by atoms with Crippen molar-refractivity contribution in [2.45, 2.75) is 33.6 Å². The highest BCUT2D eigenvalue weighted by atomic mass is 19.1. The first kappa shape index (κ1) is 15.2. The SMILES string of the molecule is C/C=C\C(=C/C)c1nc(-c2ccc(F)cc2)[nH]c1CCC. The van der Waals surface area contributed by atoms with Crippen LogP contribution in [0.4, 0.5) is 4.39 Å². The number of aryl methyl sites for hydroxylation is 1. The van der Waals surface area contributed by atoms with Gasteiger partial charge in [0.05, 0.1) is 5.69 Å². The van der Waals surface area contributed by atoms with Crippen LogP contribution in [0.15, 0.2) is 42.5 Å². The molecule has 2 nitrogen and oxygen atoms in total. The standard InChI is InChI=1S/C18H21FN2/c1-4-7-13(6-3)17-16(8-5-2)20-18(21-17)14-9-11-15(19)12-10-14/h4,6-7,9-12H,5,8H2,1-3H3,(H,20,21)/b7-4-,13-6+. The van der Waals surface area contributed by atoms with Gasteiger partial charge in [-0.2, -0.15) is 0 Å². The third-order valence-corrected chi connectivity index (χ3v) is 3.33. The first-order valence-corrected chi connectivity index (χ1v) is 7.33. The summed E-state index contributed by atoms with van der Waals surface area (Å²) in [5, 5.41) is 0. The van der Waals surface area contributed by atoms with Crippen LogP contribution in [-0.4, -0.2) is 9.97 Å². The van der Waals surface area contributed by atoms with Crippen LogP contribution >= 0.6 is 0 Å². The molecule has 1 heterocycles. The van der Waals surface area contributed by atoms with Crippen molar-refractivity contribution in [2.24, 2.45) is 0 Å². The fourth-order valence-electron chi connectivity index (χ4n) is 2.31. The van der Waals surface area contributed by atoms with Crippen molar-refractivity contribution in [3.63, 3.8) is 0 Å². The maximum atomic E-state index is 13.0. The molecular formula is C18H21FN2. The van der Waals surface area contributed by atoms with Crippen molar-refractivity contribution in [3.05, 3.63) is 59.7 Å². The summed E-state index contributed by atoms with van der Waals surface area (Å²) in [6.07, 6.45) is 8.12. The zero-order valence-electron chi connectivity index (χ0n) is 12.8. The second kappa shape index (κ2) is 7.02. The fourth-order valence-corrected chi connectivity index (χ4v) is 2.31. The van der Waals surface area contributed by atoms with Gasteiger partial charge in [0.2, 0.25) is 0 Å². The Hall–Kier alpha value is -2.16. The molecule has 0 aliphatic carbocycles. The van der Waals surface area contributed by atoms with E-state index in [0.29, 0.717) is 0 Å². The topological polar surface area (TPSA) is 28.7 Å². The summed E-state index contributed by atoms with van der Waals surface area (Å²) in [6.45, 7) is 6.15. The number of imidazole rings is 1. The number of hydrogen-bond acceptors (Lipinski definition) is 1. The molecule has 0 saturated carbocycles. The van der Waals surface area contributed by atoms with Gasteiger partial charge in [-0.05, 0) is 50.1 Å². The first-order chi connectivity index (χ1) is 10.2. The highest BCUT2D eigenvalue weighted by Crippen LogP contribution is 2.25. The molecule has 0 saturated heterocycles. The second-order valence-electron chi connectivity index (χ2n) is 4.91. The summed E-state index contributed by atoms with van der Waals surface area (Å²) >= 11 is 0. The van der Waals surface area contributed by atoms with Gasteiger partial charge in [-0.15, -0.1) is 0 Å². The molecule has 3 heteroatoms. The zero-order chi connectivity index (χ0) is 15.2. The lowest BCUT2D eigenvalue weighted by molar-refractivity contribution is 0.628. The maximum absolute atomic E-state index is 13.0. The predicted molar refractivity (Wildman–Crippen MR) is 86.4 cm³/mol. The molecule has 21 heavy (non-hydrogen) atoms. The van der Waals surface area contributed by atoms with Gasteiger partial charge in [0.25, 0.3) is 0 Å². The van der Waals surface area contributed by atoms with Crippen LogP contribution in [0.25, 0.3) is 17.0 Å². The van der Waals surface area contributed by atoms with E-state index in [4.69, 9.17) is 4.98 Å². The minimum Gasteiger partial charge on any atom is -0.341 e. The molecule has 1 aromatic carbocycles. The summed E-state index contributed by atoms with van der Waals surface area (Å²) in [5.41, 5.74) is 4.11. The third-order valence-electron chi connectivity index (χ3n) is 3.33. The molecule has 0 atom stereocenters. The summed E-state index contributed by atoms with van der Waals surface area (Å²) in [6, 6.07) is 6.41. The fraction of sp³-hybridized carbons (Fsp3) is 0.278. The Morgan fingerprint density at radius 1 is 1.24 bits per heavy atom. The minimum absolute atomic E-state index is 0.234. The van der Waals surface area contributed by atoms with Gasteiger partial charge >= 0.3 is 0 Å². The molecule has 0 radical (unpaired) electrons. The Bertz CT molecular complexity index is 648. The number of allylic oxidation sites excluding steroid dienone is 4. The van der Waals surface area contributed by atoms with E-state index in [1.54, 1.807) is 12.1 Å². The number of nitrogens with zero attached hydrogens (tertiary/aromatic N) is 1. The van der Waals surface area contributed by atoms with E-state index in [2.05, 4.69) is 24.1 Å². The van der Waals surface area contributed by atoms with E-state index in [1.165, 1.54) is 12.1 Å². The van der Waals surface area contributed by atoms with E-state index >= 15 is 0 Å². The van der Waals surface area contributed by atoms with E-state index in [1.807, 2.05) is 19.9 Å². The Labute approximate surface area is 125 Å². The minimum atomic E-state index is -0.234. The number of nitrogens with one attached hydrogen (secondary N) is 1. The Morgan fingerprint density at radius 2 is 1.95 bits per heavy atom. The van der Waals surface area contributed by atoms with Gasteiger partial charge in [0.1, 0.15) is 11.6 Å². The van der Waals surface area contributed by atoms with Crippen LogP contribution < -0.4 is 0 Å². The summed E-state index contributed by atoms with van der Waals surface area (Å²) < 4.78 is 13.0. The summed E-state index contributed by atoms with van der Waals surface area (Å²) in [4.78, 5) is 8.10. The lowest BCUT2D eigenvalue weighted by atomic mass is 10.1. The summed E-state index contributed by atoms with van der Waals surface area (Å²) in [7, 11) is 0. The molecule has 2 aromatic rings. The van der Waals surface area contributed by atoms with Crippen molar-refractivity contribution in [3.8, 4) is 11.4 Å². The molecule has 0 bridgehead atoms. The lowest BCUT2D eigenvalue weighted by Gasteiger charge is -2.01. The van der Waals surface area contributed by atoms with Crippen molar-refractivity contribution >= 4 is 5.57 Å². The lowest BCUT2D eigenvalue weighted by Crippen LogP contribution is -1.90. The number of hydrogen-bond donors (Lipinski definition) is 1. The summed E-state index contributed by atoms with van der Waals surface area (Å²) in [5.74, 6) is 0.555. The number of benzene rings is 1. The number of aromatic nitrogens is 2. The first-order valence-electron chi connectivity index (χ1n) is 7.33. The molecule has 110 valence electrons. The zero-order valence-corrected chi connectivity index (χ0v) is 12.8. The van der Waals surface area contributed by atoms with Crippen LogP contribution in [0.2, 0.25) is 0 Å². The predicted octanol–water partition coefficient (Wildman–Crippen LogP) is 5.15. The maximum Gasteiger partial charge on any atom is 0.138 e. The van der Waals surface area contributed by atoms with Gasteiger partial charge < -0.3 is 4.98 Å². The molecule has 1 N–H and O–H groups in total. The van der Waals surface area contributed by atoms with Gasteiger partial charge in [0, 0.05) is 11.3 Å². The normalized spacial score (nSPS) is 12.3. The van der Waals surface area contributed by atoms with Crippen molar-refractivity contribution < 1.29 is 4.39 Å². The van der Waals surface area contributed by atoms with E-state index in [-0.39, 0.29) is 5.82 Å². The van der Waals surface area contributed by atoms with E-state index in [9.17, 15) is 4.39 Å². The smallest absolute Gasteiger partial charge is 0.138 e. The van der Waals surface area contributed by atoms with Crippen LogP contribution in [0.5, 0.6) is 0 Å². The molecule has 0 aliphatic heterocycles. The Balaban J connectivity index is 2.48. The largest absolute Gasteiger partial charge is 0.341 e. The second-order valence-corrected chi connectivity index (χ2v) is 4.91. The molecule has 0 unspecified atom stereocenters. The Kier molecular flexibility index (Phi) is 5.09. The van der Waals surface area contributed by atoms with E-state index in [0.717, 1.165) is 41.2 Å². The average Bonchev–Trinajstić information content (AvgIpc) is 2.90. The third kappa shape index (κ3) is 3.48. The molecule has 0 fully saturated rings. The molecule has 2 rings (SSSR count). The molecule has 1 aromatic heterocycles. The van der Waals surface area contributed by atoms with Crippen LogP contribution in [0.3, 0.4) is 0 Å². The highest BCUT2D eigenvalue weighted by molar-refractivity contribution is 5.74. The van der Waals surface area contributed by atoms with Crippen molar-refractivity contribution in [2.75, 3.05) is 0 Å². The number of rotatable bonds is 5. The number of H-pyrrole nitrogens is 1. The van der Waals surface area contributed by atoms with Crippen LogP contribution in [0, 0.1) is 5.82 Å². The number of aromatic amines is 1. The Morgan fingerprint density at radius 3 is 2.52 bits per heavy atom. The molecule has 0 amide bonds. The van der Waals surface area contributed by atoms with Crippen LogP contribution in [0.1, 0.15) is 38.6 Å². The van der Waals surface area contributed by atoms with Gasteiger partial charge in [-0.25, -0.2) is 9.37 Å². The average molecular weight is 284 g/mol.